The van der Waals surface area contributed by atoms with Crippen molar-refractivity contribution in [2.24, 2.45) is 0 Å². The Morgan fingerprint density at radius 1 is 1.10 bits per heavy atom. The number of pyridine rings is 2. The summed E-state index contributed by atoms with van der Waals surface area (Å²) in [5, 5.41) is 3.52. The molecule has 1 atom stereocenters. The minimum Gasteiger partial charge on any atom is -0.380 e. The summed E-state index contributed by atoms with van der Waals surface area (Å²) in [6.07, 6.45) is 5.64. The number of morpholine rings is 1. The van der Waals surface area contributed by atoms with Crippen LogP contribution in [0.4, 0.5) is 11.5 Å². The highest BCUT2D eigenvalue weighted by Gasteiger charge is 2.34. The first-order valence-electron chi connectivity index (χ1n) is 14.6. The molecule has 6 rings (SSSR count). The fourth-order valence-corrected chi connectivity index (χ4v) is 6.27. The van der Waals surface area contributed by atoms with E-state index in [1.807, 2.05) is 24.5 Å². The maximum Gasteiger partial charge on any atom is 0.162 e. The molecule has 8 heteroatoms. The Kier molecular flexibility index (Phi) is 7.64. The number of rotatable bonds is 8. The van der Waals surface area contributed by atoms with Gasteiger partial charge in [0.25, 0.3) is 0 Å². The van der Waals surface area contributed by atoms with Crippen LogP contribution in [0.2, 0.25) is 0 Å². The molecule has 2 aliphatic heterocycles. The number of fused-ring (bicyclic) bond motifs is 1. The van der Waals surface area contributed by atoms with Crippen LogP contribution in [0.5, 0.6) is 0 Å². The van der Waals surface area contributed by atoms with Crippen LogP contribution in [0.3, 0.4) is 0 Å². The molecule has 0 saturated carbocycles. The number of aromatic nitrogens is 3. The molecule has 2 aliphatic rings. The summed E-state index contributed by atoms with van der Waals surface area (Å²) in [5.74, 6) is 0.763. The number of carbonyl (C=O) groups is 1. The number of benzene rings is 1. The highest BCUT2D eigenvalue weighted by molar-refractivity contribution is 6.03. The summed E-state index contributed by atoms with van der Waals surface area (Å²) < 4.78 is 13.5. The Morgan fingerprint density at radius 3 is 2.66 bits per heavy atom. The topological polar surface area (TPSA) is 81.0 Å². The number of nitrogens with zero attached hydrogens (tertiary/aromatic N) is 4. The molecular weight excluding hydrogens is 514 g/mol. The molecule has 1 aromatic carbocycles. The van der Waals surface area contributed by atoms with E-state index in [1.165, 1.54) is 5.56 Å². The van der Waals surface area contributed by atoms with Gasteiger partial charge in [-0.25, -0.2) is 9.97 Å². The molecule has 0 spiro atoms. The van der Waals surface area contributed by atoms with E-state index in [4.69, 9.17) is 14.5 Å². The number of aryl methyl sites for hydroxylation is 1. The van der Waals surface area contributed by atoms with Crippen molar-refractivity contribution in [2.45, 2.75) is 52.5 Å². The normalized spacial score (nSPS) is 19.6. The van der Waals surface area contributed by atoms with Crippen molar-refractivity contribution in [1.82, 2.24) is 19.3 Å². The second-order valence-corrected chi connectivity index (χ2v) is 11.6. The van der Waals surface area contributed by atoms with Gasteiger partial charge in [-0.2, -0.15) is 0 Å². The van der Waals surface area contributed by atoms with E-state index < -0.39 is 0 Å². The van der Waals surface area contributed by atoms with Crippen LogP contribution in [-0.4, -0.2) is 64.6 Å². The Hall–Kier alpha value is -3.59. The smallest absolute Gasteiger partial charge is 0.162 e. The number of hydrogen-bond acceptors (Lipinski definition) is 7. The standard InChI is InChI=1S/C33H39N5O3/c1-5-24-25(29-19-34-31-18-22(2)10-12-38(29)31)6-8-27(32(24)23(3)39)35-30-9-7-26(33(4)11-15-41-21-33)28(36-30)20-37-13-16-40-17-14-37/h6-10,12,18-19H,5,11,13-17,20-21H2,1-4H3,(H,35,36)/t33-/m1/s1. The fourth-order valence-electron chi connectivity index (χ4n) is 6.27. The van der Waals surface area contributed by atoms with E-state index in [-0.39, 0.29) is 11.2 Å². The second kappa shape index (κ2) is 11.4. The molecule has 5 heterocycles. The number of Topliss-reactive ketones (excluding diaryl/α,β-unsaturated/α-hetero) is 1. The lowest BCUT2D eigenvalue weighted by Gasteiger charge is -2.30. The Bertz CT molecular complexity index is 1580. The van der Waals surface area contributed by atoms with Crippen molar-refractivity contribution in [3.8, 4) is 11.3 Å². The molecule has 0 radical (unpaired) electrons. The number of anilines is 2. The average Bonchev–Trinajstić information content (AvgIpc) is 3.59. The molecule has 8 nitrogen and oxygen atoms in total. The molecule has 0 amide bonds. The summed E-state index contributed by atoms with van der Waals surface area (Å²) in [4.78, 5) is 25.3. The largest absolute Gasteiger partial charge is 0.380 e. The van der Waals surface area contributed by atoms with Gasteiger partial charge in [-0.3, -0.25) is 14.1 Å². The summed E-state index contributed by atoms with van der Waals surface area (Å²) in [6, 6.07) is 12.5. The lowest BCUT2D eigenvalue weighted by atomic mass is 9.81. The van der Waals surface area contributed by atoms with Gasteiger partial charge in [0.05, 0.1) is 43.1 Å². The third kappa shape index (κ3) is 5.39. The molecule has 4 aromatic rings. The Balaban J connectivity index is 1.39. The maximum atomic E-state index is 13.2. The van der Waals surface area contributed by atoms with Gasteiger partial charge in [-0.15, -0.1) is 0 Å². The van der Waals surface area contributed by atoms with Crippen LogP contribution in [0.25, 0.3) is 16.9 Å². The van der Waals surface area contributed by atoms with Gasteiger partial charge in [0.2, 0.25) is 0 Å². The zero-order chi connectivity index (χ0) is 28.6. The minimum absolute atomic E-state index is 0.0247. The number of ketones is 1. The molecule has 3 aromatic heterocycles. The van der Waals surface area contributed by atoms with Crippen molar-refractivity contribution in [2.75, 3.05) is 44.8 Å². The maximum absolute atomic E-state index is 13.2. The molecular formula is C33H39N5O3. The summed E-state index contributed by atoms with van der Waals surface area (Å²) in [5.41, 5.74) is 8.78. The summed E-state index contributed by atoms with van der Waals surface area (Å²) in [7, 11) is 0. The number of hydrogen-bond donors (Lipinski definition) is 1. The van der Waals surface area contributed by atoms with Crippen LogP contribution in [0, 0.1) is 6.92 Å². The van der Waals surface area contributed by atoms with Crippen LogP contribution in [-0.2, 0) is 27.9 Å². The van der Waals surface area contributed by atoms with Crippen LogP contribution < -0.4 is 5.32 Å². The highest BCUT2D eigenvalue weighted by Crippen LogP contribution is 2.37. The summed E-state index contributed by atoms with van der Waals surface area (Å²) >= 11 is 0. The molecule has 2 saturated heterocycles. The number of carbonyl (C=O) groups excluding carboxylic acids is 1. The SMILES string of the molecule is CCc1c(-c2cnc3cc(C)ccn23)ccc(Nc2ccc([C@]3(C)CCOC3)c(CN3CCOCC3)n2)c1C(C)=O. The van der Waals surface area contributed by atoms with E-state index >= 15 is 0 Å². The second-order valence-electron chi connectivity index (χ2n) is 11.6. The lowest BCUT2D eigenvalue weighted by molar-refractivity contribution is 0.0334. The predicted octanol–water partition coefficient (Wildman–Crippen LogP) is 5.72. The first-order valence-corrected chi connectivity index (χ1v) is 14.6. The highest BCUT2D eigenvalue weighted by atomic mass is 16.5. The number of nitrogens with one attached hydrogen (secondary N) is 1. The molecule has 41 heavy (non-hydrogen) atoms. The summed E-state index contributed by atoms with van der Waals surface area (Å²) in [6.45, 7) is 13.6. The van der Waals surface area contributed by atoms with Crippen molar-refractivity contribution in [1.29, 1.82) is 0 Å². The molecule has 214 valence electrons. The van der Waals surface area contributed by atoms with Gasteiger partial charge in [-0.05, 0) is 67.6 Å². The predicted molar refractivity (Wildman–Crippen MR) is 161 cm³/mol. The van der Waals surface area contributed by atoms with Gasteiger partial charge in [0.15, 0.2) is 5.78 Å². The van der Waals surface area contributed by atoms with Crippen molar-refractivity contribution in [3.63, 3.8) is 0 Å². The first kappa shape index (κ1) is 27.6. The van der Waals surface area contributed by atoms with E-state index in [0.29, 0.717) is 18.6 Å². The van der Waals surface area contributed by atoms with E-state index in [9.17, 15) is 4.79 Å². The van der Waals surface area contributed by atoms with Gasteiger partial charge in [0.1, 0.15) is 11.5 Å². The molecule has 0 aliphatic carbocycles. The molecule has 0 bridgehead atoms. The zero-order valence-corrected chi connectivity index (χ0v) is 24.5. The zero-order valence-electron chi connectivity index (χ0n) is 24.5. The van der Waals surface area contributed by atoms with Gasteiger partial charge < -0.3 is 14.8 Å². The van der Waals surface area contributed by atoms with Gasteiger partial charge >= 0.3 is 0 Å². The monoisotopic (exact) mass is 553 g/mol. The van der Waals surface area contributed by atoms with E-state index in [2.05, 4.69) is 64.6 Å². The van der Waals surface area contributed by atoms with Crippen molar-refractivity contribution >= 4 is 22.9 Å². The molecule has 2 fully saturated rings. The Labute approximate surface area is 241 Å². The average molecular weight is 554 g/mol. The van der Waals surface area contributed by atoms with Gasteiger partial charge in [-0.1, -0.05) is 26.0 Å². The lowest BCUT2D eigenvalue weighted by Crippen LogP contribution is -2.37. The van der Waals surface area contributed by atoms with Crippen LogP contribution in [0.1, 0.15) is 59.9 Å². The third-order valence-corrected chi connectivity index (χ3v) is 8.55. The van der Waals surface area contributed by atoms with Crippen LogP contribution >= 0.6 is 0 Å². The quantitative estimate of drug-likeness (QED) is 0.279. The van der Waals surface area contributed by atoms with Crippen molar-refractivity contribution < 1.29 is 14.3 Å². The Morgan fingerprint density at radius 2 is 1.93 bits per heavy atom. The van der Waals surface area contributed by atoms with Gasteiger partial charge in [0, 0.05) is 49.0 Å². The number of imidazole rings is 1. The number of ether oxygens (including phenoxy) is 2. The fraction of sp³-hybridized carbons (Fsp3) is 0.424. The van der Waals surface area contributed by atoms with Crippen molar-refractivity contribution in [3.05, 3.63) is 76.7 Å². The van der Waals surface area contributed by atoms with E-state index in [1.54, 1.807) is 6.92 Å². The van der Waals surface area contributed by atoms with E-state index in [0.717, 1.165) is 91.1 Å². The molecule has 1 N–H and O–H groups in total. The first-order chi connectivity index (χ1) is 19.9. The third-order valence-electron chi connectivity index (χ3n) is 8.55. The molecule has 0 unspecified atom stereocenters. The minimum atomic E-state index is -0.0543. The van der Waals surface area contributed by atoms with Crippen LogP contribution in [0.15, 0.2) is 48.8 Å².